The van der Waals surface area contributed by atoms with Crippen LogP contribution in [-0.4, -0.2) is 21.1 Å². The van der Waals surface area contributed by atoms with Crippen molar-refractivity contribution in [2.75, 3.05) is 5.32 Å². The maximum atomic E-state index is 11.8. The van der Waals surface area contributed by atoms with Gasteiger partial charge in [0.25, 0.3) is 5.91 Å². The Hall–Kier alpha value is -1.69. The van der Waals surface area contributed by atoms with E-state index in [0.29, 0.717) is 10.6 Å². The number of hydrogen-bond donors (Lipinski definition) is 2. The van der Waals surface area contributed by atoms with E-state index in [4.69, 9.17) is 0 Å². The number of aryl methyl sites for hydroxylation is 2. The van der Waals surface area contributed by atoms with Gasteiger partial charge in [0.05, 0.1) is 22.6 Å². The molecule has 2 rings (SSSR count). The average molecular weight is 222 g/mol. The molecule has 5 nitrogen and oxygen atoms in total. The Labute approximate surface area is 90.6 Å². The van der Waals surface area contributed by atoms with Crippen molar-refractivity contribution in [3.63, 3.8) is 0 Å². The van der Waals surface area contributed by atoms with Crippen LogP contribution >= 0.6 is 11.3 Å². The lowest BCUT2D eigenvalue weighted by molar-refractivity contribution is 0.103. The van der Waals surface area contributed by atoms with Crippen LogP contribution < -0.4 is 5.32 Å². The van der Waals surface area contributed by atoms with Crippen LogP contribution in [0.4, 0.5) is 5.69 Å². The van der Waals surface area contributed by atoms with Crippen molar-refractivity contribution in [2.45, 2.75) is 13.8 Å². The van der Waals surface area contributed by atoms with Gasteiger partial charge in [0.15, 0.2) is 0 Å². The minimum atomic E-state index is -0.139. The Morgan fingerprint density at radius 2 is 2.33 bits per heavy atom. The predicted octanol–water partition coefficient (Wildman–Crippen LogP) is 1.74. The van der Waals surface area contributed by atoms with Gasteiger partial charge in [-0.2, -0.15) is 5.10 Å². The summed E-state index contributed by atoms with van der Waals surface area (Å²) in [6.07, 6.45) is 3.18. The van der Waals surface area contributed by atoms with Crippen molar-refractivity contribution < 1.29 is 4.79 Å². The van der Waals surface area contributed by atoms with Crippen LogP contribution in [0, 0.1) is 13.8 Å². The molecule has 0 saturated carbocycles. The first-order chi connectivity index (χ1) is 7.16. The second kappa shape index (κ2) is 3.82. The van der Waals surface area contributed by atoms with Gasteiger partial charge in [-0.15, -0.1) is 11.3 Å². The van der Waals surface area contributed by atoms with Gasteiger partial charge < -0.3 is 5.32 Å². The lowest BCUT2D eigenvalue weighted by atomic mass is 10.3. The highest BCUT2D eigenvalue weighted by atomic mass is 32.1. The SMILES string of the molecule is Cc1nc(C)c(C(=O)Nc2cn[nH]c2)s1. The largest absolute Gasteiger partial charge is 0.319 e. The molecule has 6 heteroatoms. The van der Waals surface area contributed by atoms with Gasteiger partial charge in [-0.05, 0) is 13.8 Å². The second-order valence-electron chi connectivity index (χ2n) is 3.09. The predicted molar refractivity (Wildman–Crippen MR) is 58.1 cm³/mol. The van der Waals surface area contributed by atoms with Crippen molar-refractivity contribution in [1.29, 1.82) is 0 Å². The minimum Gasteiger partial charge on any atom is -0.319 e. The van der Waals surface area contributed by atoms with E-state index < -0.39 is 0 Å². The highest BCUT2D eigenvalue weighted by Crippen LogP contribution is 2.18. The number of aromatic nitrogens is 3. The van der Waals surface area contributed by atoms with Gasteiger partial charge in [0.1, 0.15) is 4.88 Å². The van der Waals surface area contributed by atoms with Crippen LogP contribution in [0.25, 0.3) is 0 Å². The number of rotatable bonds is 2. The summed E-state index contributed by atoms with van der Waals surface area (Å²) in [6, 6.07) is 0. The van der Waals surface area contributed by atoms with E-state index in [0.717, 1.165) is 10.7 Å². The molecule has 0 aliphatic rings. The summed E-state index contributed by atoms with van der Waals surface area (Å²) in [5, 5.41) is 10.00. The summed E-state index contributed by atoms with van der Waals surface area (Å²) in [4.78, 5) is 16.6. The smallest absolute Gasteiger partial charge is 0.267 e. The summed E-state index contributed by atoms with van der Waals surface area (Å²) in [7, 11) is 0. The Bertz CT molecular complexity index is 474. The topological polar surface area (TPSA) is 70.7 Å². The van der Waals surface area contributed by atoms with E-state index in [1.54, 1.807) is 12.4 Å². The molecule has 0 aromatic carbocycles. The third-order valence-electron chi connectivity index (χ3n) is 1.87. The first-order valence-electron chi connectivity index (χ1n) is 4.41. The van der Waals surface area contributed by atoms with E-state index in [-0.39, 0.29) is 5.91 Å². The molecule has 0 unspecified atom stereocenters. The van der Waals surface area contributed by atoms with Gasteiger partial charge in [0, 0.05) is 6.20 Å². The summed E-state index contributed by atoms with van der Waals surface area (Å²) >= 11 is 1.39. The molecule has 0 aliphatic carbocycles. The van der Waals surface area contributed by atoms with Crippen molar-refractivity contribution in [3.05, 3.63) is 28.0 Å². The molecule has 0 spiro atoms. The number of amides is 1. The molecule has 1 amide bonds. The molecular formula is C9H10N4OS. The summed E-state index contributed by atoms with van der Waals surface area (Å²) in [5.74, 6) is -0.139. The highest BCUT2D eigenvalue weighted by molar-refractivity contribution is 7.13. The van der Waals surface area contributed by atoms with Gasteiger partial charge >= 0.3 is 0 Å². The second-order valence-corrected chi connectivity index (χ2v) is 4.29. The van der Waals surface area contributed by atoms with Crippen LogP contribution in [0.3, 0.4) is 0 Å². The molecule has 15 heavy (non-hydrogen) atoms. The molecular weight excluding hydrogens is 212 g/mol. The average Bonchev–Trinajstić information content (AvgIpc) is 2.75. The van der Waals surface area contributed by atoms with E-state index in [9.17, 15) is 4.79 Å². The molecule has 0 aliphatic heterocycles. The Morgan fingerprint density at radius 3 is 2.87 bits per heavy atom. The van der Waals surface area contributed by atoms with E-state index in [1.165, 1.54) is 11.3 Å². The Balaban J connectivity index is 2.18. The monoisotopic (exact) mass is 222 g/mol. The van der Waals surface area contributed by atoms with E-state index in [2.05, 4.69) is 20.5 Å². The van der Waals surface area contributed by atoms with Crippen molar-refractivity contribution in [2.24, 2.45) is 0 Å². The Kier molecular flexibility index (Phi) is 2.51. The third kappa shape index (κ3) is 2.04. The van der Waals surface area contributed by atoms with Crippen molar-refractivity contribution >= 4 is 22.9 Å². The normalized spacial score (nSPS) is 10.3. The Morgan fingerprint density at radius 1 is 1.53 bits per heavy atom. The standard InChI is InChI=1S/C9H10N4OS/c1-5-8(15-6(2)12-5)9(14)13-7-3-10-11-4-7/h3-4H,1-2H3,(H,10,11)(H,13,14). The summed E-state index contributed by atoms with van der Waals surface area (Å²) in [5.41, 5.74) is 1.42. The number of anilines is 1. The fourth-order valence-corrected chi connectivity index (χ4v) is 2.06. The van der Waals surface area contributed by atoms with Crippen LogP contribution in [0.2, 0.25) is 0 Å². The zero-order valence-corrected chi connectivity index (χ0v) is 9.18. The maximum Gasteiger partial charge on any atom is 0.267 e. The van der Waals surface area contributed by atoms with Crippen molar-refractivity contribution in [3.8, 4) is 0 Å². The number of hydrogen-bond acceptors (Lipinski definition) is 4. The fraction of sp³-hybridized carbons (Fsp3) is 0.222. The number of carbonyl (C=O) groups excluding carboxylic acids is 1. The van der Waals surface area contributed by atoms with Crippen LogP contribution in [0.15, 0.2) is 12.4 Å². The van der Waals surface area contributed by atoms with Gasteiger partial charge in [-0.1, -0.05) is 0 Å². The molecule has 0 atom stereocenters. The van der Waals surface area contributed by atoms with E-state index >= 15 is 0 Å². The number of H-pyrrole nitrogens is 1. The molecule has 2 N–H and O–H groups in total. The van der Waals surface area contributed by atoms with Crippen LogP contribution in [0.5, 0.6) is 0 Å². The molecule has 2 heterocycles. The quantitative estimate of drug-likeness (QED) is 0.813. The van der Waals surface area contributed by atoms with Crippen LogP contribution in [0.1, 0.15) is 20.4 Å². The molecule has 0 bridgehead atoms. The molecule has 0 fully saturated rings. The highest BCUT2D eigenvalue weighted by Gasteiger charge is 2.13. The lowest BCUT2D eigenvalue weighted by Crippen LogP contribution is -2.10. The van der Waals surface area contributed by atoms with E-state index in [1.807, 2.05) is 13.8 Å². The molecule has 2 aromatic heterocycles. The number of nitrogens with one attached hydrogen (secondary N) is 2. The fourth-order valence-electron chi connectivity index (χ4n) is 1.25. The molecule has 2 aromatic rings. The third-order valence-corrected chi connectivity index (χ3v) is 2.94. The lowest BCUT2D eigenvalue weighted by Gasteiger charge is -1.99. The maximum absolute atomic E-state index is 11.8. The number of nitrogens with zero attached hydrogens (tertiary/aromatic N) is 2. The summed E-state index contributed by atoms with van der Waals surface area (Å²) in [6.45, 7) is 3.71. The van der Waals surface area contributed by atoms with Gasteiger partial charge in [0.2, 0.25) is 0 Å². The molecule has 78 valence electrons. The number of carbonyl (C=O) groups is 1. The number of aromatic amines is 1. The number of thiazole rings is 1. The minimum absolute atomic E-state index is 0.139. The van der Waals surface area contributed by atoms with Gasteiger partial charge in [-0.25, -0.2) is 4.98 Å². The first kappa shape index (κ1) is 9.85. The summed E-state index contributed by atoms with van der Waals surface area (Å²) < 4.78 is 0. The van der Waals surface area contributed by atoms with Gasteiger partial charge in [-0.3, -0.25) is 9.89 Å². The zero-order chi connectivity index (χ0) is 10.8. The van der Waals surface area contributed by atoms with Crippen LogP contribution in [-0.2, 0) is 0 Å². The molecule has 0 saturated heterocycles. The first-order valence-corrected chi connectivity index (χ1v) is 5.22. The zero-order valence-electron chi connectivity index (χ0n) is 8.37. The molecule has 0 radical (unpaired) electrons. The van der Waals surface area contributed by atoms with Crippen molar-refractivity contribution in [1.82, 2.24) is 15.2 Å².